The van der Waals surface area contributed by atoms with Crippen LogP contribution in [0.4, 0.5) is 11.4 Å². The van der Waals surface area contributed by atoms with Crippen molar-refractivity contribution in [3.63, 3.8) is 0 Å². The minimum absolute atomic E-state index is 0.0201. The second kappa shape index (κ2) is 10.9. The van der Waals surface area contributed by atoms with Gasteiger partial charge in [0.05, 0.1) is 33.3 Å². The smallest absolute Gasteiger partial charge is 0.267 e. The molecule has 2 aromatic rings. The maximum absolute atomic E-state index is 13.0. The van der Waals surface area contributed by atoms with Gasteiger partial charge < -0.3 is 10.6 Å². The second-order valence-corrected chi connectivity index (χ2v) is 12.7. The summed E-state index contributed by atoms with van der Waals surface area (Å²) in [6.07, 6.45) is 0. The van der Waals surface area contributed by atoms with E-state index in [0.717, 1.165) is 8.61 Å². The monoisotopic (exact) mass is 544 g/mol. The summed E-state index contributed by atoms with van der Waals surface area (Å²) >= 11 is 2.35. The van der Waals surface area contributed by atoms with Crippen molar-refractivity contribution >= 4 is 66.8 Å². The Balaban J connectivity index is 1.91. The molecule has 0 aliphatic carbocycles. The number of nitrogens with one attached hydrogen (secondary N) is 2. The average molecular weight is 545 g/mol. The third-order valence-electron chi connectivity index (χ3n) is 4.76. The highest BCUT2D eigenvalue weighted by Crippen LogP contribution is 2.24. The van der Waals surface area contributed by atoms with Gasteiger partial charge in [0.25, 0.3) is 20.0 Å². The molecule has 0 fully saturated rings. The molecular weight excluding hydrogens is 521 g/mol. The van der Waals surface area contributed by atoms with Gasteiger partial charge >= 0.3 is 0 Å². The van der Waals surface area contributed by atoms with Gasteiger partial charge in [-0.3, -0.25) is 9.59 Å². The largest absolute Gasteiger partial charge is 0.376 e. The van der Waals surface area contributed by atoms with E-state index in [4.69, 9.17) is 0 Å². The van der Waals surface area contributed by atoms with E-state index in [1.54, 1.807) is 24.3 Å². The highest BCUT2D eigenvalue weighted by Gasteiger charge is 2.28. The maximum atomic E-state index is 13.0. The van der Waals surface area contributed by atoms with Crippen molar-refractivity contribution < 1.29 is 26.4 Å². The van der Waals surface area contributed by atoms with Gasteiger partial charge in [-0.2, -0.15) is 0 Å². The minimum Gasteiger partial charge on any atom is -0.376 e. The Hall–Kier alpha value is -2.42. The normalized spacial score (nSPS) is 18.5. The van der Waals surface area contributed by atoms with E-state index in [9.17, 15) is 26.4 Å². The summed E-state index contributed by atoms with van der Waals surface area (Å²) in [5.74, 6) is -0.854. The third-order valence-corrected chi connectivity index (χ3v) is 10.3. The minimum atomic E-state index is -4.02. The predicted molar refractivity (Wildman–Crippen MR) is 134 cm³/mol. The molecule has 2 aromatic carbocycles. The Bertz CT molecular complexity index is 1150. The lowest BCUT2D eigenvalue weighted by atomic mass is 10.3. The van der Waals surface area contributed by atoms with Crippen molar-refractivity contribution in [3.8, 4) is 0 Å². The Kier molecular flexibility index (Phi) is 8.38. The zero-order chi connectivity index (χ0) is 24.9. The third kappa shape index (κ3) is 5.98. The maximum Gasteiger partial charge on any atom is 0.267 e. The predicted octanol–water partition coefficient (Wildman–Crippen LogP) is 2.60. The number of hydrogen-bond donors (Lipinski definition) is 2. The number of benzene rings is 2. The van der Waals surface area contributed by atoms with Gasteiger partial charge in [0, 0.05) is 25.2 Å². The number of hydrogen-bond acceptors (Lipinski definition) is 10. The van der Waals surface area contributed by atoms with Gasteiger partial charge in [-0.1, -0.05) is 0 Å². The Labute approximate surface area is 207 Å². The fourth-order valence-corrected chi connectivity index (χ4v) is 8.05. The average Bonchev–Trinajstić information content (AvgIpc) is 2.78. The van der Waals surface area contributed by atoms with Crippen LogP contribution in [-0.2, 0) is 29.6 Å². The van der Waals surface area contributed by atoms with Gasteiger partial charge in [-0.15, -0.1) is 23.5 Å². The van der Waals surface area contributed by atoms with Crippen molar-refractivity contribution in [2.45, 2.75) is 23.6 Å². The van der Waals surface area contributed by atoms with Crippen LogP contribution in [0.2, 0.25) is 0 Å². The fraction of sp³-hybridized carbons (Fsp3) is 0.300. The van der Waals surface area contributed by atoms with E-state index in [0.29, 0.717) is 11.4 Å². The fourth-order valence-electron chi connectivity index (χ4n) is 2.93. The molecule has 184 valence electrons. The molecule has 0 saturated heterocycles. The Morgan fingerprint density at radius 2 is 1.00 bits per heavy atom. The molecule has 4 bridgehead atoms. The van der Waals surface area contributed by atoms with Crippen molar-refractivity contribution in [1.82, 2.24) is 8.61 Å². The van der Waals surface area contributed by atoms with E-state index in [-0.39, 0.29) is 33.3 Å². The van der Waals surface area contributed by atoms with Crippen LogP contribution in [0.25, 0.3) is 0 Å². The molecule has 0 spiro atoms. The van der Waals surface area contributed by atoms with E-state index in [2.05, 4.69) is 10.6 Å². The number of amides is 2. The SMILES string of the molecule is CC(=O)N1CSCNc2ccc(cc2)S(=O)(=O)N(C(C)=O)CSCNc2ccc(cc2)S1(=O)=O. The van der Waals surface area contributed by atoms with Crippen LogP contribution in [-0.4, -0.2) is 60.8 Å². The van der Waals surface area contributed by atoms with Crippen molar-refractivity contribution in [2.75, 3.05) is 34.1 Å². The molecule has 10 nitrogen and oxygen atoms in total. The molecule has 2 amide bonds. The molecule has 4 aliphatic rings. The summed E-state index contributed by atoms with van der Waals surface area (Å²) < 4.78 is 53.5. The highest BCUT2D eigenvalue weighted by molar-refractivity contribution is 8.00. The highest BCUT2D eigenvalue weighted by atomic mass is 32.2. The summed E-state index contributed by atoms with van der Waals surface area (Å²) in [5, 5.41) is 6.09. The van der Waals surface area contributed by atoms with Gasteiger partial charge in [-0.25, -0.2) is 25.4 Å². The molecule has 0 aromatic heterocycles. The molecule has 34 heavy (non-hydrogen) atoms. The molecule has 0 atom stereocenters. The zero-order valence-corrected chi connectivity index (χ0v) is 21.7. The molecular formula is C20H24N4O6S4. The first-order valence-corrected chi connectivity index (χ1v) is 15.1. The first kappa shape index (κ1) is 26.2. The van der Waals surface area contributed by atoms with Gasteiger partial charge in [0.15, 0.2) is 0 Å². The Morgan fingerprint density at radius 3 is 1.29 bits per heavy atom. The number of rotatable bonds is 0. The standard InChI is InChI=1S/C20H24N4O6S4/c1-15(25)23-13-31-11-21-18-5-9-20(10-6-18)34(29,30)24(16(2)26)14-32-12-22-17-3-7-19(8-4-17)33(23,27)28/h3-10,21-22H,11-14H2,1-2H3. The molecule has 0 saturated carbocycles. The van der Waals surface area contributed by atoms with Crippen LogP contribution in [0.3, 0.4) is 0 Å². The van der Waals surface area contributed by atoms with E-state index >= 15 is 0 Å². The summed E-state index contributed by atoms with van der Waals surface area (Å²) in [5.41, 5.74) is 1.20. The molecule has 14 heteroatoms. The number of carbonyl (C=O) groups is 2. The molecule has 0 radical (unpaired) electrons. The van der Waals surface area contributed by atoms with Gasteiger partial charge in [0.2, 0.25) is 11.8 Å². The quantitative estimate of drug-likeness (QED) is 0.510. The number of nitrogens with zero attached hydrogens (tertiary/aromatic N) is 2. The van der Waals surface area contributed by atoms with Crippen LogP contribution in [0.15, 0.2) is 58.3 Å². The lowest BCUT2D eigenvalue weighted by Crippen LogP contribution is -2.35. The summed E-state index contributed by atoms with van der Waals surface area (Å²) in [4.78, 5) is 24.1. The number of thioether (sulfide) groups is 2. The lowest BCUT2D eigenvalue weighted by Gasteiger charge is -2.22. The van der Waals surface area contributed by atoms with Gasteiger partial charge in [-0.05, 0) is 48.5 Å². The summed E-state index contributed by atoms with van der Waals surface area (Å²) in [7, 11) is -8.04. The van der Waals surface area contributed by atoms with Crippen molar-refractivity contribution in [3.05, 3.63) is 48.5 Å². The topological polar surface area (TPSA) is 133 Å². The van der Waals surface area contributed by atoms with Crippen molar-refractivity contribution in [1.29, 1.82) is 0 Å². The first-order valence-electron chi connectivity index (χ1n) is 9.93. The number of sulfonamides is 2. The Morgan fingerprint density at radius 1 is 0.676 bits per heavy atom. The van der Waals surface area contributed by atoms with E-state index < -0.39 is 31.9 Å². The lowest BCUT2D eigenvalue weighted by molar-refractivity contribution is -0.124. The summed E-state index contributed by atoms with van der Waals surface area (Å²) in [6, 6.07) is 11.8. The van der Waals surface area contributed by atoms with Crippen LogP contribution in [0.1, 0.15) is 13.8 Å². The van der Waals surface area contributed by atoms with E-state index in [1.165, 1.54) is 61.6 Å². The zero-order valence-electron chi connectivity index (χ0n) is 18.4. The van der Waals surface area contributed by atoms with Crippen LogP contribution in [0.5, 0.6) is 0 Å². The number of anilines is 2. The first-order chi connectivity index (χ1) is 16.0. The molecule has 4 aliphatic heterocycles. The van der Waals surface area contributed by atoms with Crippen LogP contribution >= 0.6 is 23.5 Å². The molecule has 4 heterocycles. The molecule has 0 unspecified atom stereocenters. The van der Waals surface area contributed by atoms with Crippen LogP contribution in [0, 0.1) is 0 Å². The van der Waals surface area contributed by atoms with Gasteiger partial charge in [0.1, 0.15) is 0 Å². The second-order valence-electron chi connectivity index (χ2n) is 7.10. The number of carbonyl (C=O) groups excluding carboxylic acids is 2. The van der Waals surface area contributed by atoms with Crippen LogP contribution < -0.4 is 10.6 Å². The molecule has 6 rings (SSSR count). The molecule has 2 N–H and O–H groups in total. The van der Waals surface area contributed by atoms with E-state index in [1.807, 2.05) is 0 Å². The van der Waals surface area contributed by atoms with Crippen molar-refractivity contribution in [2.24, 2.45) is 0 Å². The summed E-state index contributed by atoms with van der Waals surface area (Å²) in [6.45, 7) is 2.39.